The van der Waals surface area contributed by atoms with Crippen molar-refractivity contribution in [3.63, 3.8) is 0 Å². The molecule has 1 N–H and O–H groups in total. The maximum atomic E-state index is 11.4. The summed E-state index contributed by atoms with van der Waals surface area (Å²) in [6.07, 6.45) is 1.82. The quantitative estimate of drug-likeness (QED) is 0.625. The zero-order valence-corrected chi connectivity index (χ0v) is 9.57. The fourth-order valence-electron chi connectivity index (χ4n) is 1.00. The average Bonchev–Trinajstić information content (AvgIpc) is 2.64. The first-order chi connectivity index (χ1) is 6.70. The third-order valence-electron chi connectivity index (χ3n) is 1.73. The van der Waals surface area contributed by atoms with Crippen LogP contribution in [0.4, 0.5) is 0 Å². The summed E-state index contributed by atoms with van der Waals surface area (Å²) in [6.45, 7) is 2.61. The average molecular weight is 233 g/mol. The number of aromatic nitrogens is 1. The first-order valence-electron chi connectivity index (χ1n) is 4.50. The van der Waals surface area contributed by atoms with Gasteiger partial charge in [0.1, 0.15) is 5.69 Å². The number of thiazole rings is 1. The van der Waals surface area contributed by atoms with Gasteiger partial charge in [0.15, 0.2) is 0 Å². The Labute approximate surface area is 92.5 Å². The van der Waals surface area contributed by atoms with Gasteiger partial charge in [0.05, 0.1) is 5.51 Å². The largest absolute Gasteiger partial charge is 0.351 e. The Morgan fingerprint density at radius 3 is 3.14 bits per heavy atom. The molecule has 0 spiro atoms. The highest BCUT2D eigenvalue weighted by molar-refractivity contribution is 7.07. The zero-order valence-electron chi connectivity index (χ0n) is 8.00. The van der Waals surface area contributed by atoms with Gasteiger partial charge in [-0.05, 0) is 19.8 Å². The highest BCUT2D eigenvalue weighted by Crippen LogP contribution is 2.03. The standard InChI is InChI=1S/C9H13ClN2OS/c1-7(10)3-2-4-11-9(13)8-5-14-6-12-8/h5-7H,2-4H2,1H3,(H,11,13). The van der Waals surface area contributed by atoms with Crippen molar-refractivity contribution in [2.24, 2.45) is 0 Å². The monoisotopic (exact) mass is 232 g/mol. The molecule has 0 aliphatic heterocycles. The fourth-order valence-corrected chi connectivity index (χ4v) is 1.69. The molecule has 1 unspecified atom stereocenters. The summed E-state index contributed by atoms with van der Waals surface area (Å²) in [5.74, 6) is -0.103. The van der Waals surface area contributed by atoms with Crippen LogP contribution in [0.25, 0.3) is 0 Å². The number of halogens is 1. The third-order valence-corrected chi connectivity index (χ3v) is 2.53. The molecule has 0 aliphatic rings. The van der Waals surface area contributed by atoms with Gasteiger partial charge in [-0.25, -0.2) is 4.98 Å². The van der Waals surface area contributed by atoms with Gasteiger partial charge in [0.2, 0.25) is 0 Å². The summed E-state index contributed by atoms with van der Waals surface area (Å²) < 4.78 is 0. The van der Waals surface area contributed by atoms with E-state index in [0.29, 0.717) is 12.2 Å². The topological polar surface area (TPSA) is 42.0 Å². The molecule has 1 rings (SSSR count). The predicted molar refractivity (Wildman–Crippen MR) is 59.0 cm³/mol. The van der Waals surface area contributed by atoms with Crippen LogP contribution >= 0.6 is 22.9 Å². The van der Waals surface area contributed by atoms with Crippen molar-refractivity contribution in [3.05, 3.63) is 16.6 Å². The minimum atomic E-state index is -0.103. The van der Waals surface area contributed by atoms with Gasteiger partial charge in [-0.15, -0.1) is 22.9 Å². The van der Waals surface area contributed by atoms with E-state index in [1.54, 1.807) is 10.9 Å². The van der Waals surface area contributed by atoms with E-state index < -0.39 is 0 Å². The number of alkyl halides is 1. The van der Waals surface area contributed by atoms with Crippen molar-refractivity contribution >= 4 is 28.8 Å². The molecule has 1 aromatic heterocycles. The molecule has 1 aromatic rings. The summed E-state index contributed by atoms with van der Waals surface area (Å²) in [5, 5.41) is 4.70. The Bertz CT molecular complexity index is 274. The van der Waals surface area contributed by atoms with Crippen molar-refractivity contribution in [1.82, 2.24) is 10.3 Å². The number of amides is 1. The molecular formula is C9H13ClN2OS. The molecule has 1 heterocycles. The number of nitrogens with zero attached hydrogens (tertiary/aromatic N) is 1. The van der Waals surface area contributed by atoms with E-state index in [-0.39, 0.29) is 11.3 Å². The lowest BCUT2D eigenvalue weighted by Gasteiger charge is -2.03. The van der Waals surface area contributed by atoms with Crippen LogP contribution < -0.4 is 5.32 Å². The van der Waals surface area contributed by atoms with E-state index in [4.69, 9.17) is 11.6 Å². The molecule has 0 fully saturated rings. The lowest BCUT2D eigenvalue weighted by atomic mass is 10.2. The van der Waals surface area contributed by atoms with Crippen LogP contribution in [0.2, 0.25) is 0 Å². The van der Waals surface area contributed by atoms with Gasteiger partial charge in [0.25, 0.3) is 5.91 Å². The molecule has 0 saturated heterocycles. The molecule has 0 radical (unpaired) electrons. The molecule has 0 saturated carbocycles. The van der Waals surface area contributed by atoms with Gasteiger partial charge in [0, 0.05) is 17.3 Å². The van der Waals surface area contributed by atoms with E-state index in [1.165, 1.54) is 11.3 Å². The van der Waals surface area contributed by atoms with Crippen molar-refractivity contribution < 1.29 is 4.79 Å². The van der Waals surface area contributed by atoms with Crippen LogP contribution in [0, 0.1) is 0 Å². The second kappa shape index (κ2) is 5.98. The summed E-state index contributed by atoms with van der Waals surface area (Å²) in [4.78, 5) is 15.3. The lowest BCUT2D eigenvalue weighted by Crippen LogP contribution is -2.24. The van der Waals surface area contributed by atoms with Gasteiger partial charge in [-0.2, -0.15) is 0 Å². The molecule has 14 heavy (non-hydrogen) atoms. The highest BCUT2D eigenvalue weighted by Gasteiger charge is 2.05. The van der Waals surface area contributed by atoms with E-state index >= 15 is 0 Å². The number of carbonyl (C=O) groups excluding carboxylic acids is 1. The Morgan fingerprint density at radius 2 is 2.57 bits per heavy atom. The number of hydrogen-bond donors (Lipinski definition) is 1. The van der Waals surface area contributed by atoms with Crippen molar-refractivity contribution in [2.75, 3.05) is 6.54 Å². The Balaban J connectivity index is 2.16. The number of nitrogens with one attached hydrogen (secondary N) is 1. The molecule has 0 bridgehead atoms. The van der Waals surface area contributed by atoms with Crippen LogP contribution in [0.15, 0.2) is 10.9 Å². The maximum Gasteiger partial charge on any atom is 0.270 e. The van der Waals surface area contributed by atoms with E-state index in [2.05, 4.69) is 10.3 Å². The second-order valence-electron chi connectivity index (χ2n) is 3.05. The van der Waals surface area contributed by atoms with E-state index in [1.807, 2.05) is 6.92 Å². The first kappa shape index (κ1) is 11.5. The Morgan fingerprint density at radius 1 is 1.79 bits per heavy atom. The number of rotatable bonds is 5. The SMILES string of the molecule is CC(Cl)CCCNC(=O)c1cscn1. The van der Waals surface area contributed by atoms with E-state index in [0.717, 1.165) is 12.8 Å². The van der Waals surface area contributed by atoms with E-state index in [9.17, 15) is 4.79 Å². The molecule has 1 amide bonds. The molecule has 78 valence electrons. The lowest BCUT2D eigenvalue weighted by molar-refractivity contribution is 0.0948. The molecule has 3 nitrogen and oxygen atoms in total. The minimum Gasteiger partial charge on any atom is -0.351 e. The predicted octanol–water partition coefficient (Wildman–Crippen LogP) is 2.28. The van der Waals surface area contributed by atoms with Crippen LogP contribution in [-0.4, -0.2) is 22.8 Å². The van der Waals surface area contributed by atoms with Gasteiger partial charge < -0.3 is 5.32 Å². The normalized spacial score (nSPS) is 12.4. The van der Waals surface area contributed by atoms with Crippen molar-refractivity contribution in [1.29, 1.82) is 0 Å². The zero-order chi connectivity index (χ0) is 10.4. The second-order valence-corrected chi connectivity index (χ2v) is 4.52. The van der Waals surface area contributed by atoms with Crippen molar-refractivity contribution in [2.45, 2.75) is 25.1 Å². The van der Waals surface area contributed by atoms with Crippen molar-refractivity contribution in [3.8, 4) is 0 Å². The maximum absolute atomic E-state index is 11.4. The van der Waals surface area contributed by atoms with Crippen LogP contribution in [0.1, 0.15) is 30.3 Å². The highest BCUT2D eigenvalue weighted by atomic mass is 35.5. The summed E-state index contributed by atoms with van der Waals surface area (Å²) in [5.41, 5.74) is 2.14. The van der Waals surface area contributed by atoms with Gasteiger partial charge >= 0.3 is 0 Å². The molecule has 1 atom stereocenters. The third kappa shape index (κ3) is 4.07. The smallest absolute Gasteiger partial charge is 0.270 e. The Kier molecular flexibility index (Phi) is 4.90. The van der Waals surface area contributed by atoms with Crippen LogP contribution in [0.5, 0.6) is 0 Å². The molecular weight excluding hydrogens is 220 g/mol. The fraction of sp³-hybridized carbons (Fsp3) is 0.556. The Hall–Kier alpha value is -0.610. The van der Waals surface area contributed by atoms with Crippen LogP contribution in [-0.2, 0) is 0 Å². The summed E-state index contributed by atoms with van der Waals surface area (Å²) in [7, 11) is 0. The minimum absolute atomic E-state index is 0.103. The van der Waals surface area contributed by atoms with Crippen LogP contribution in [0.3, 0.4) is 0 Å². The summed E-state index contributed by atoms with van der Waals surface area (Å²) in [6, 6.07) is 0. The number of hydrogen-bond acceptors (Lipinski definition) is 3. The van der Waals surface area contributed by atoms with Gasteiger partial charge in [-0.1, -0.05) is 0 Å². The molecule has 0 aliphatic carbocycles. The van der Waals surface area contributed by atoms with Gasteiger partial charge in [-0.3, -0.25) is 4.79 Å². The number of carbonyl (C=O) groups is 1. The molecule has 5 heteroatoms. The molecule has 0 aromatic carbocycles. The first-order valence-corrected chi connectivity index (χ1v) is 5.88. The summed E-state index contributed by atoms with van der Waals surface area (Å²) >= 11 is 7.19.